The summed E-state index contributed by atoms with van der Waals surface area (Å²) in [5, 5.41) is 0. The van der Waals surface area contributed by atoms with Crippen LogP contribution in [0, 0.1) is 11.7 Å². The third-order valence-electron chi connectivity index (χ3n) is 4.07. The maximum atomic E-state index is 13.4. The predicted octanol–water partition coefficient (Wildman–Crippen LogP) is 4.13. The van der Waals surface area contributed by atoms with Crippen molar-refractivity contribution in [3.8, 4) is 0 Å². The first-order chi connectivity index (χ1) is 9.74. The summed E-state index contributed by atoms with van der Waals surface area (Å²) < 4.78 is 13.4. The summed E-state index contributed by atoms with van der Waals surface area (Å²) in [7, 11) is 0. The Bertz CT molecular complexity index is 579. The van der Waals surface area contributed by atoms with E-state index in [-0.39, 0.29) is 17.4 Å². The van der Waals surface area contributed by atoms with Crippen molar-refractivity contribution in [1.82, 2.24) is 4.98 Å². The Hall–Kier alpha value is -1.90. The second kappa shape index (κ2) is 5.61. The average Bonchev–Trinajstić information content (AvgIpc) is 3.28. The van der Waals surface area contributed by atoms with E-state index in [1.54, 1.807) is 12.3 Å². The Morgan fingerprint density at radius 2 is 2.10 bits per heavy atom. The highest BCUT2D eigenvalue weighted by Crippen LogP contribution is 2.38. The van der Waals surface area contributed by atoms with E-state index in [1.807, 2.05) is 18.3 Å². The number of pyridine rings is 1. The molecular weight excluding hydrogens is 251 g/mol. The molecule has 1 aliphatic carbocycles. The van der Waals surface area contributed by atoms with E-state index in [1.165, 1.54) is 30.9 Å². The van der Waals surface area contributed by atoms with Crippen molar-refractivity contribution < 1.29 is 4.39 Å². The first kappa shape index (κ1) is 13.1. The second-order valence-corrected chi connectivity index (χ2v) is 5.64. The SMILES string of the molecule is Nc1cc(C(CCC2CC2)c2cccnc2)ccc1F. The highest BCUT2D eigenvalue weighted by molar-refractivity contribution is 5.45. The summed E-state index contributed by atoms with van der Waals surface area (Å²) in [6, 6.07) is 9.11. The van der Waals surface area contributed by atoms with Gasteiger partial charge in [0.2, 0.25) is 0 Å². The fraction of sp³-hybridized carbons (Fsp3) is 0.353. The molecule has 1 aromatic carbocycles. The van der Waals surface area contributed by atoms with Crippen LogP contribution < -0.4 is 5.73 Å². The third-order valence-corrected chi connectivity index (χ3v) is 4.07. The molecule has 0 radical (unpaired) electrons. The average molecular weight is 270 g/mol. The van der Waals surface area contributed by atoms with Crippen molar-refractivity contribution in [2.24, 2.45) is 5.92 Å². The molecule has 1 fully saturated rings. The molecule has 1 atom stereocenters. The lowest BCUT2D eigenvalue weighted by Crippen LogP contribution is -2.04. The minimum absolute atomic E-state index is 0.225. The normalized spacial score (nSPS) is 16.1. The largest absolute Gasteiger partial charge is 0.396 e. The number of hydrogen-bond acceptors (Lipinski definition) is 2. The van der Waals surface area contributed by atoms with Crippen LogP contribution in [0.3, 0.4) is 0 Å². The number of aromatic nitrogens is 1. The highest BCUT2D eigenvalue weighted by Gasteiger charge is 2.24. The molecule has 1 aliphatic rings. The molecule has 20 heavy (non-hydrogen) atoms. The minimum Gasteiger partial charge on any atom is -0.396 e. The van der Waals surface area contributed by atoms with Gasteiger partial charge in [-0.05, 0) is 48.1 Å². The van der Waals surface area contributed by atoms with Gasteiger partial charge in [0.15, 0.2) is 0 Å². The van der Waals surface area contributed by atoms with Crippen molar-refractivity contribution in [3.63, 3.8) is 0 Å². The van der Waals surface area contributed by atoms with Gasteiger partial charge in [-0.2, -0.15) is 0 Å². The number of nitrogens with two attached hydrogens (primary N) is 1. The van der Waals surface area contributed by atoms with Gasteiger partial charge in [-0.15, -0.1) is 0 Å². The van der Waals surface area contributed by atoms with Crippen molar-refractivity contribution in [2.75, 3.05) is 5.73 Å². The fourth-order valence-electron chi connectivity index (χ4n) is 2.70. The van der Waals surface area contributed by atoms with Crippen molar-refractivity contribution in [1.29, 1.82) is 0 Å². The number of benzene rings is 1. The summed E-state index contributed by atoms with van der Waals surface area (Å²) in [5.74, 6) is 0.792. The van der Waals surface area contributed by atoms with Crippen LogP contribution in [0.15, 0.2) is 42.7 Å². The number of halogens is 1. The molecule has 0 saturated heterocycles. The molecule has 3 heteroatoms. The maximum absolute atomic E-state index is 13.4. The molecule has 2 N–H and O–H groups in total. The fourth-order valence-corrected chi connectivity index (χ4v) is 2.70. The Morgan fingerprint density at radius 1 is 1.25 bits per heavy atom. The van der Waals surface area contributed by atoms with E-state index in [0.29, 0.717) is 0 Å². The highest BCUT2D eigenvalue weighted by atomic mass is 19.1. The van der Waals surface area contributed by atoms with Crippen LogP contribution in [0.25, 0.3) is 0 Å². The molecule has 1 aromatic heterocycles. The molecule has 0 aliphatic heterocycles. The quantitative estimate of drug-likeness (QED) is 0.830. The molecule has 0 spiro atoms. The number of nitrogen functional groups attached to an aromatic ring is 1. The lowest BCUT2D eigenvalue weighted by molar-refractivity contribution is 0.607. The zero-order chi connectivity index (χ0) is 13.9. The molecule has 3 rings (SSSR count). The van der Waals surface area contributed by atoms with Crippen LogP contribution in [0.5, 0.6) is 0 Å². The Balaban J connectivity index is 1.88. The van der Waals surface area contributed by atoms with E-state index in [9.17, 15) is 4.39 Å². The first-order valence-electron chi connectivity index (χ1n) is 7.19. The molecule has 2 nitrogen and oxygen atoms in total. The van der Waals surface area contributed by atoms with E-state index in [4.69, 9.17) is 5.73 Å². The molecule has 2 aromatic rings. The lowest BCUT2D eigenvalue weighted by atomic mass is 9.87. The van der Waals surface area contributed by atoms with Crippen LogP contribution in [0.1, 0.15) is 42.7 Å². The number of anilines is 1. The van der Waals surface area contributed by atoms with Crippen LogP contribution in [0.4, 0.5) is 10.1 Å². The smallest absolute Gasteiger partial charge is 0.146 e. The Kier molecular flexibility index (Phi) is 3.68. The van der Waals surface area contributed by atoms with Crippen LogP contribution in [0.2, 0.25) is 0 Å². The molecule has 104 valence electrons. The van der Waals surface area contributed by atoms with Gasteiger partial charge in [0.1, 0.15) is 5.82 Å². The van der Waals surface area contributed by atoms with Gasteiger partial charge in [-0.25, -0.2) is 4.39 Å². The zero-order valence-corrected chi connectivity index (χ0v) is 11.4. The van der Waals surface area contributed by atoms with Gasteiger partial charge in [0.25, 0.3) is 0 Å². The van der Waals surface area contributed by atoms with E-state index >= 15 is 0 Å². The number of hydrogen-bond donors (Lipinski definition) is 1. The summed E-state index contributed by atoms with van der Waals surface area (Å²) in [6.45, 7) is 0. The topological polar surface area (TPSA) is 38.9 Å². The monoisotopic (exact) mass is 270 g/mol. The van der Waals surface area contributed by atoms with Gasteiger partial charge in [-0.3, -0.25) is 4.98 Å². The maximum Gasteiger partial charge on any atom is 0.146 e. The van der Waals surface area contributed by atoms with Gasteiger partial charge in [0.05, 0.1) is 5.69 Å². The zero-order valence-electron chi connectivity index (χ0n) is 11.4. The van der Waals surface area contributed by atoms with Gasteiger partial charge in [-0.1, -0.05) is 25.0 Å². The number of rotatable bonds is 5. The molecular formula is C17H19FN2. The van der Waals surface area contributed by atoms with Gasteiger partial charge >= 0.3 is 0 Å². The third kappa shape index (κ3) is 2.98. The lowest BCUT2D eigenvalue weighted by Gasteiger charge is -2.18. The van der Waals surface area contributed by atoms with Crippen LogP contribution in [-0.2, 0) is 0 Å². The van der Waals surface area contributed by atoms with Crippen LogP contribution >= 0.6 is 0 Å². The molecule has 1 saturated carbocycles. The molecule has 0 amide bonds. The van der Waals surface area contributed by atoms with Crippen LogP contribution in [-0.4, -0.2) is 4.98 Å². The van der Waals surface area contributed by atoms with Crippen molar-refractivity contribution in [3.05, 3.63) is 59.7 Å². The molecule has 1 unspecified atom stereocenters. The molecule has 1 heterocycles. The standard InChI is InChI=1S/C17H19FN2/c18-16-8-6-13(10-17(16)19)15(7-5-12-3-4-12)14-2-1-9-20-11-14/h1-2,6,8-12,15H,3-5,7,19H2. The summed E-state index contributed by atoms with van der Waals surface area (Å²) in [6.07, 6.45) is 8.67. The van der Waals surface area contributed by atoms with E-state index in [0.717, 1.165) is 17.9 Å². The van der Waals surface area contributed by atoms with Gasteiger partial charge < -0.3 is 5.73 Å². The Morgan fingerprint density at radius 3 is 2.75 bits per heavy atom. The van der Waals surface area contributed by atoms with E-state index in [2.05, 4.69) is 11.1 Å². The summed E-state index contributed by atoms with van der Waals surface area (Å²) in [5.41, 5.74) is 8.20. The summed E-state index contributed by atoms with van der Waals surface area (Å²) in [4.78, 5) is 4.21. The van der Waals surface area contributed by atoms with Crippen molar-refractivity contribution in [2.45, 2.75) is 31.6 Å². The summed E-state index contributed by atoms with van der Waals surface area (Å²) >= 11 is 0. The molecule has 0 bridgehead atoms. The minimum atomic E-state index is -0.346. The van der Waals surface area contributed by atoms with Crippen molar-refractivity contribution >= 4 is 5.69 Å². The Labute approximate surface area is 118 Å². The van der Waals surface area contributed by atoms with E-state index < -0.39 is 0 Å². The first-order valence-corrected chi connectivity index (χ1v) is 7.19. The van der Waals surface area contributed by atoms with Gasteiger partial charge in [0, 0.05) is 18.3 Å². The second-order valence-electron chi connectivity index (χ2n) is 5.64. The number of nitrogens with zero attached hydrogens (tertiary/aromatic N) is 1. The predicted molar refractivity (Wildman–Crippen MR) is 78.9 cm³/mol.